The molecule has 2 N–H and O–H groups in total. The van der Waals surface area contributed by atoms with Crippen molar-refractivity contribution in [3.8, 4) is 0 Å². The van der Waals surface area contributed by atoms with Crippen molar-refractivity contribution in [3.05, 3.63) is 71.3 Å². The fourth-order valence-electron chi connectivity index (χ4n) is 2.57. The Morgan fingerprint density at radius 1 is 1.00 bits per heavy atom. The van der Waals surface area contributed by atoms with E-state index in [0.29, 0.717) is 5.11 Å². The molecular formula is C21H28N2S. The highest BCUT2D eigenvalue weighted by atomic mass is 32.1. The summed E-state index contributed by atoms with van der Waals surface area (Å²) in [6, 6.07) is 19.4. The van der Waals surface area contributed by atoms with E-state index in [4.69, 9.17) is 12.2 Å². The lowest BCUT2D eigenvalue weighted by atomic mass is 9.86. The molecular weight excluding hydrogens is 312 g/mol. The van der Waals surface area contributed by atoms with Gasteiger partial charge in [0.15, 0.2) is 5.11 Å². The van der Waals surface area contributed by atoms with Gasteiger partial charge >= 0.3 is 0 Å². The van der Waals surface area contributed by atoms with Crippen molar-refractivity contribution >= 4 is 17.3 Å². The molecule has 0 aromatic heterocycles. The molecule has 0 aliphatic rings. The number of thiocarbonyl (C=S) groups is 1. The van der Waals surface area contributed by atoms with Crippen molar-refractivity contribution in [2.75, 3.05) is 6.54 Å². The van der Waals surface area contributed by atoms with Crippen molar-refractivity contribution in [1.82, 2.24) is 10.6 Å². The van der Waals surface area contributed by atoms with Gasteiger partial charge in [0.2, 0.25) is 0 Å². The summed E-state index contributed by atoms with van der Waals surface area (Å²) < 4.78 is 0. The average Bonchev–Trinajstić information content (AvgIpc) is 2.55. The highest BCUT2D eigenvalue weighted by Gasteiger charge is 2.14. The zero-order valence-electron chi connectivity index (χ0n) is 15.1. The summed E-state index contributed by atoms with van der Waals surface area (Å²) in [6.45, 7) is 9.67. The lowest BCUT2D eigenvalue weighted by molar-refractivity contribution is 0.589. The Balaban J connectivity index is 1.80. The first-order valence-electron chi connectivity index (χ1n) is 8.55. The van der Waals surface area contributed by atoms with E-state index < -0.39 is 0 Å². The molecule has 24 heavy (non-hydrogen) atoms. The maximum absolute atomic E-state index is 5.41. The summed E-state index contributed by atoms with van der Waals surface area (Å²) in [5.41, 5.74) is 4.10. The molecule has 0 aliphatic carbocycles. The van der Waals surface area contributed by atoms with Crippen LogP contribution in [0, 0.1) is 0 Å². The molecule has 0 saturated heterocycles. The molecule has 0 saturated carbocycles. The number of benzene rings is 2. The fourth-order valence-corrected chi connectivity index (χ4v) is 2.85. The number of nitrogens with one attached hydrogen (secondary N) is 2. The Morgan fingerprint density at radius 2 is 1.62 bits per heavy atom. The van der Waals surface area contributed by atoms with Gasteiger partial charge in [0.05, 0.1) is 6.04 Å². The maximum atomic E-state index is 5.41. The quantitative estimate of drug-likeness (QED) is 0.768. The summed E-state index contributed by atoms with van der Waals surface area (Å²) in [5.74, 6) is 0. The van der Waals surface area contributed by atoms with Crippen LogP contribution >= 0.6 is 12.2 Å². The van der Waals surface area contributed by atoms with Crippen LogP contribution in [0.25, 0.3) is 0 Å². The predicted octanol–water partition coefficient (Wildman–Crippen LogP) is 4.75. The van der Waals surface area contributed by atoms with Gasteiger partial charge in [-0.3, -0.25) is 0 Å². The molecule has 0 radical (unpaired) electrons. The lowest BCUT2D eigenvalue weighted by Gasteiger charge is -2.21. The van der Waals surface area contributed by atoms with Gasteiger partial charge in [0.1, 0.15) is 0 Å². The number of hydrogen-bond acceptors (Lipinski definition) is 1. The second-order valence-corrected chi connectivity index (χ2v) is 7.64. The third-order valence-corrected chi connectivity index (χ3v) is 4.43. The molecule has 0 aliphatic heterocycles. The molecule has 0 fully saturated rings. The molecule has 0 amide bonds. The summed E-state index contributed by atoms with van der Waals surface area (Å²) in [5, 5.41) is 7.36. The molecule has 2 rings (SSSR count). The Labute approximate surface area is 151 Å². The third kappa shape index (κ3) is 5.64. The molecule has 3 heteroatoms. The molecule has 2 nitrogen and oxygen atoms in total. The van der Waals surface area contributed by atoms with E-state index in [0.717, 1.165) is 13.0 Å². The van der Waals surface area contributed by atoms with Gasteiger partial charge in [-0.2, -0.15) is 0 Å². The van der Waals surface area contributed by atoms with Gasteiger partial charge in [0, 0.05) is 6.54 Å². The normalized spacial score (nSPS) is 12.5. The van der Waals surface area contributed by atoms with E-state index in [-0.39, 0.29) is 11.5 Å². The molecule has 0 unspecified atom stereocenters. The second kappa shape index (κ2) is 8.29. The summed E-state index contributed by atoms with van der Waals surface area (Å²) in [7, 11) is 0. The molecule has 0 heterocycles. The predicted molar refractivity (Wildman–Crippen MR) is 107 cm³/mol. The Kier molecular flexibility index (Phi) is 6.38. The Morgan fingerprint density at radius 3 is 2.21 bits per heavy atom. The van der Waals surface area contributed by atoms with Crippen molar-refractivity contribution in [1.29, 1.82) is 0 Å². The van der Waals surface area contributed by atoms with E-state index in [9.17, 15) is 0 Å². The van der Waals surface area contributed by atoms with Crippen molar-refractivity contribution in [3.63, 3.8) is 0 Å². The zero-order chi connectivity index (χ0) is 17.6. The standard InChI is InChI=1S/C21H28N2S/c1-16(18-10-12-19(13-11-18)21(2,3)4)23-20(24)22-15-14-17-8-6-5-7-9-17/h5-13,16H,14-15H2,1-4H3,(H2,22,23,24)/t16-/m0/s1. The number of hydrogen-bond donors (Lipinski definition) is 2. The first-order valence-corrected chi connectivity index (χ1v) is 8.96. The maximum Gasteiger partial charge on any atom is 0.166 e. The Hall–Kier alpha value is -1.87. The average molecular weight is 341 g/mol. The van der Waals surface area contributed by atoms with Gasteiger partial charge in [-0.1, -0.05) is 75.4 Å². The van der Waals surface area contributed by atoms with Crippen LogP contribution in [0.2, 0.25) is 0 Å². The van der Waals surface area contributed by atoms with Crippen molar-refractivity contribution in [2.24, 2.45) is 0 Å². The smallest absolute Gasteiger partial charge is 0.166 e. The van der Waals surface area contributed by atoms with Gasteiger partial charge in [0.25, 0.3) is 0 Å². The van der Waals surface area contributed by atoms with Crippen LogP contribution in [0.1, 0.15) is 50.4 Å². The minimum absolute atomic E-state index is 0.184. The second-order valence-electron chi connectivity index (χ2n) is 7.23. The van der Waals surface area contributed by atoms with Crippen LogP contribution in [0.3, 0.4) is 0 Å². The van der Waals surface area contributed by atoms with Crippen LogP contribution in [-0.2, 0) is 11.8 Å². The van der Waals surface area contributed by atoms with Crippen LogP contribution in [0.15, 0.2) is 54.6 Å². The first kappa shape index (κ1) is 18.5. The van der Waals surface area contributed by atoms with Crippen molar-refractivity contribution < 1.29 is 0 Å². The van der Waals surface area contributed by atoms with Crippen molar-refractivity contribution in [2.45, 2.75) is 45.6 Å². The molecule has 0 spiro atoms. The summed E-state index contributed by atoms with van der Waals surface area (Å²) >= 11 is 5.41. The minimum atomic E-state index is 0.184. The third-order valence-electron chi connectivity index (χ3n) is 4.17. The Bertz CT molecular complexity index is 642. The largest absolute Gasteiger partial charge is 0.362 e. The van der Waals surface area contributed by atoms with E-state index in [1.807, 2.05) is 6.07 Å². The first-order chi connectivity index (χ1) is 11.4. The van der Waals surface area contributed by atoms with Crippen LogP contribution in [0.4, 0.5) is 0 Å². The lowest BCUT2D eigenvalue weighted by Crippen LogP contribution is -2.37. The van der Waals surface area contributed by atoms with Crippen LogP contribution in [0.5, 0.6) is 0 Å². The van der Waals surface area contributed by atoms with Gasteiger partial charge in [-0.15, -0.1) is 0 Å². The van der Waals surface area contributed by atoms with E-state index >= 15 is 0 Å². The van der Waals surface area contributed by atoms with E-state index in [2.05, 4.69) is 86.9 Å². The van der Waals surface area contributed by atoms with E-state index in [1.165, 1.54) is 16.7 Å². The van der Waals surface area contributed by atoms with Gasteiger partial charge in [-0.05, 0) is 47.7 Å². The molecule has 2 aromatic carbocycles. The molecule has 128 valence electrons. The summed E-state index contributed by atoms with van der Waals surface area (Å²) in [4.78, 5) is 0. The topological polar surface area (TPSA) is 24.1 Å². The van der Waals surface area contributed by atoms with Crippen LogP contribution in [-0.4, -0.2) is 11.7 Å². The monoisotopic (exact) mass is 340 g/mol. The fraction of sp³-hybridized carbons (Fsp3) is 0.381. The van der Waals surface area contributed by atoms with Gasteiger partial charge < -0.3 is 10.6 Å². The highest BCUT2D eigenvalue weighted by molar-refractivity contribution is 7.80. The highest BCUT2D eigenvalue weighted by Crippen LogP contribution is 2.23. The van der Waals surface area contributed by atoms with Gasteiger partial charge in [-0.25, -0.2) is 0 Å². The minimum Gasteiger partial charge on any atom is -0.362 e. The zero-order valence-corrected chi connectivity index (χ0v) is 15.9. The molecule has 2 aromatic rings. The number of rotatable bonds is 5. The summed E-state index contributed by atoms with van der Waals surface area (Å²) in [6.07, 6.45) is 0.970. The van der Waals surface area contributed by atoms with E-state index in [1.54, 1.807) is 0 Å². The van der Waals surface area contributed by atoms with Crippen LogP contribution < -0.4 is 10.6 Å². The SMILES string of the molecule is C[C@H](NC(=S)NCCc1ccccc1)c1ccc(C(C)(C)C)cc1. The molecule has 0 bridgehead atoms. The molecule has 1 atom stereocenters.